The second kappa shape index (κ2) is 8.60. The van der Waals surface area contributed by atoms with Crippen LogP contribution in [0.5, 0.6) is 0 Å². The molecule has 4 nitrogen and oxygen atoms in total. The summed E-state index contributed by atoms with van der Waals surface area (Å²) in [5.41, 5.74) is 1.21. The van der Waals surface area contributed by atoms with Crippen LogP contribution >= 0.6 is 23.4 Å². The van der Waals surface area contributed by atoms with E-state index in [1.54, 1.807) is 17.8 Å². The first-order valence-corrected chi connectivity index (χ1v) is 9.54. The SMILES string of the molecule is O=C(NC[C@@H]1CCCO1)c1ccc(CSCc2ccc(Cl)cc2)o1. The summed E-state index contributed by atoms with van der Waals surface area (Å²) in [5, 5.41) is 3.61. The highest BCUT2D eigenvalue weighted by molar-refractivity contribution is 7.97. The van der Waals surface area contributed by atoms with Gasteiger partial charge in [0.25, 0.3) is 5.91 Å². The van der Waals surface area contributed by atoms with Gasteiger partial charge in [-0.25, -0.2) is 0 Å². The van der Waals surface area contributed by atoms with E-state index in [1.807, 2.05) is 30.3 Å². The van der Waals surface area contributed by atoms with Crippen LogP contribution < -0.4 is 5.32 Å². The predicted molar refractivity (Wildman–Crippen MR) is 96.5 cm³/mol. The van der Waals surface area contributed by atoms with Crippen LogP contribution in [0.4, 0.5) is 0 Å². The first-order chi connectivity index (χ1) is 11.7. The van der Waals surface area contributed by atoms with Crippen molar-refractivity contribution < 1.29 is 13.9 Å². The molecular formula is C18H20ClNO3S. The molecule has 0 saturated carbocycles. The normalized spacial score (nSPS) is 17.1. The number of benzene rings is 1. The monoisotopic (exact) mass is 365 g/mol. The fourth-order valence-electron chi connectivity index (χ4n) is 2.53. The highest BCUT2D eigenvalue weighted by Gasteiger charge is 2.18. The Labute approximate surface area is 150 Å². The van der Waals surface area contributed by atoms with Gasteiger partial charge < -0.3 is 14.5 Å². The van der Waals surface area contributed by atoms with Crippen LogP contribution in [-0.4, -0.2) is 25.2 Å². The van der Waals surface area contributed by atoms with Crippen molar-refractivity contribution in [3.63, 3.8) is 0 Å². The Hall–Kier alpha value is -1.43. The Morgan fingerprint density at radius 2 is 2.04 bits per heavy atom. The lowest BCUT2D eigenvalue weighted by Crippen LogP contribution is -2.31. The molecule has 1 fully saturated rings. The number of amides is 1. The minimum absolute atomic E-state index is 0.137. The molecule has 0 bridgehead atoms. The molecule has 1 saturated heterocycles. The number of halogens is 1. The Morgan fingerprint density at radius 3 is 2.79 bits per heavy atom. The topological polar surface area (TPSA) is 51.5 Å². The van der Waals surface area contributed by atoms with Gasteiger partial charge in [-0.3, -0.25) is 4.79 Å². The summed E-state index contributed by atoms with van der Waals surface area (Å²) >= 11 is 7.61. The van der Waals surface area contributed by atoms with Gasteiger partial charge in [-0.05, 0) is 42.7 Å². The molecule has 128 valence electrons. The van der Waals surface area contributed by atoms with Gasteiger partial charge in [0, 0.05) is 23.9 Å². The molecule has 0 unspecified atom stereocenters. The van der Waals surface area contributed by atoms with Crippen molar-refractivity contribution >= 4 is 29.3 Å². The van der Waals surface area contributed by atoms with Crippen LogP contribution in [0.15, 0.2) is 40.8 Å². The Bertz CT molecular complexity index is 665. The molecule has 0 radical (unpaired) electrons. The fraction of sp³-hybridized carbons (Fsp3) is 0.389. The van der Waals surface area contributed by atoms with Crippen LogP contribution in [-0.2, 0) is 16.2 Å². The molecule has 1 aliphatic rings. The van der Waals surface area contributed by atoms with Crippen molar-refractivity contribution in [3.05, 3.63) is 58.5 Å². The van der Waals surface area contributed by atoms with Crippen molar-refractivity contribution in [3.8, 4) is 0 Å². The Kier molecular flexibility index (Phi) is 6.24. The third-order valence-electron chi connectivity index (χ3n) is 3.83. The number of nitrogens with one attached hydrogen (secondary N) is 1. The van der Waals surface area contributed by atoms with Crippen molar-refractivity contribution in [2.75, 3.05) is 13.2 Å². The number of ether oxygens (including phenoxy) is 1. The van der Waals surface area contributed by atoms with E-state index in [-0.39, 0.29) is 12.0 Å². The molecule has 1 aliphatic heterocycles. The van der Waals surface area contributed by atoms with E-state index < -0.39 is 0 Å². The summed E-state index contributed by atoms with van der Waals surface area (Å²) in [6, 6.07) is 11.4. The molecule has 0 aliphatic carbocycles. The van der Waals surface area contributed by atoms with Crippen molar-refractivity contribution in [2.24, 2.45) is 0 Å². The van der Waals surface area contributed by atoms with Gasteiger partial charge in [-0.15, -0.1) is 11.8 Å². The van der Waals surface area contributed by atoms with Gasteiger partial charge in [0.1, 0.15) is 5.76 Å². The molecule has 6 heteroatoms. The number of hydrogen-bond donors (Lipinski definition) is 1. The van der Waals surface area contributed by atoms with Crippen molar-refractivity contribution in [1.29, 1.82) is 0 Å². The van der Waals surface area contributed by atoms with E-state index >= 15 is 0 Å². The van der Waals surface area contributed by atoms with E-state index in [1.165, 1.54) is 5.56 Å². The summed E-state index contributed by atoms with van der Waals surface area (Å²) in [7, 11) is 0. The first kappa shape index (κ1) is 17.4. The fourth-order valence-corrected chi connectivity index (χ4v) is 3.54. The smallest absolute Gasteiger partial charge is 0.287 e. The Morgan fingerprint density at radius 1 is 1.21 bits per heavy atom. The second-order valence-corrected chi connectivity index (χ2v) is 7.15. The average molecular weight is 366 g/mol. The maximum absolute atomic E-state index is 12.1. The van der Waals surface area contributed by atoms with E-state index in [0.717, 1.165) is 41.7 Å². The lowest BCUT2D eigenvalue weighted by molar-refractivity contribution is 0.0834. The van der Waals surface area contributed by atoms with Gasteiger partial charge in [-0.2, -0.15) is 0 Å². The minimum atomic E-state index is -0.181. The van der Waals surface area contributed by atoms with Crippen LogP contribution in [0, 0.1) is 0 Å². The lowest BCUT2D eigenvalue weighted by Gasteiger charge is -2.09. The third-order valence-corrected chi connectivity index (χ3v) is 5.10. The number of furan rings is 1. The van der Waals surface area contributed by atoms with Gasteiger partial charge >= 0.3 is 0 Å². The summed E-state index contributed by atoms with van der Waals surface area (Å²) in [4.78, 5) is 12.1. The van der Waals surface area contributed by atoms with Crippen LogP contribution in [0.25, 0.3) is 0 Å². The number of hydrogen-bond acceptors (Lipinski definition) is 4. The highest BCUT2D eigenvalue weighted by atomic mass is 35.5. The second-order valence-electron chi connectivity index (χ2n) is 5.73. The first-order valence-electron chi connectivity index (χ1n) is 8.01. The van der Waals surface area contributed by atoms with E-state index in [9.17, 15) is 4.79 Å². The molecule has 1 N–H and O–H groups in total. The molecule has 1 amide bonds. The number of carbonyl (C=O) groups excluding carboxylic acids is 1. The zero-order valence-corrected chi connectivity index (χ0v) is 14.9. The third kappa shape index (κ3) is 5.03. The quantitative estimate of drug-likeness (QED) is 0.795. The van der Waals surface area contributed by atoms with Gasteiger partial charge in [0.2, 0.25) is 0 Å². The maximum Gasteiger partial charge on any atom is 0.287 e. The van der Waals surface area contributed by atoms with Gasteiger partial charge in [0.15, 0.2) is 5.76 Å². The lowest BCUT2D eigenvalue weighted by atomic mass is 10.2. The van der Waals surface area contributed by atoms with E-state index in [0.29, 0.717) is 12.3 Å². The number of rotatable bonds is 7. The summed E-state index contributed by atoms with van der Waals surface area (Å²) in [6.45, 7) is 1.33. The molecule has 2 heterocycles. The molecule has 2 aromatic rings. The van der Waals surface area contributed by atoms with Gasteiger partial charge in [-0.1, -0.05) is 23.7 Å². The molecule has 1 aromatic carbocycles. The van der Waals surface area contributed by atoms with Crippen molar-refractivity contribution in [1.82, 2.24) is 5.32 Å². The van der Waals surface area contributed by atoms with Crippen LogP contribution in [0.2, 0.25) is 5.02 Å². The maximum atomic E-state index is 12.1. The molecular weight excluding hydrogens is 346 g/mol. The molecule has 3 rings (SSSR count). The molecule has 1 aromatic heterocycles. The average Bonchev–Trinajstić information content (AvgIpc) is 3.26. The molecule has 1 atom stereocenters. The molecule has 24 heavy (non-hydrogen) atoms. The molecule has 0 spiro atoms. The Balaban J connectivity index is 1.42. The minimum Gasteiger partial charge on any atom is -0.455 e. The van der Waals surface area contributed by atoms with Crippen LogP contribution in [0.3, 0.4) is 0 Å². The van der Waals surface area contributed by atoms with Crippen molar-refractivity contribution in [2.45, 2.75) is 30.5 Å². The van der Waals surface area contributed by atoms with Crippen LogP contribution in [0.1, 0.15) is 34.7 Å². The number of thioether (sulfide) groups is 1. The van der Waals surface area contributed by atoms with E-state index in [4.69, 9.17) is 20.8 Å². The summed E-state index contributed by atoms with van der Waals surface area (Å²) in [5.74, 6) is 2.57. The standard InChI is InChI=1S/C18H20ClNO3S/c19-14-5-3-13(4-6-14)11-24-12-16-7-8-17(23-16)18(21)20-10-15-2-1-9-22-15/h3-8,15H,1-2,9-12H2,(H,20,21)/t15-/m0/s1. The zero-order valence-electron chi connectivity index (χ0n) is 13.3. The van der Waals surface area contributed by atoms with E-state index in [2.05, 4.69) is 5.32 Å². The highest BCUT2D eigenvalue weighted by Crippen LogP contribution is 2.21. The largest absolute Gasteiger partial charge is 0.455 e. The zero-order chi connectivity index (χ0) is 16.8. The van der Waals surface area contributed by atoms with Gasteiger partial charge in [0.05, 0.1) is 11.9 Å². The summed E-state index contributed by atoms with van der Waals surface area (Å²) in [6.07, 6.45) is 2.21. The predicted octanol–water partition coefficient (Wildman–Crippen LogP) is 4.28. The summed E-state index contributed by atoms with van der Waals surface area (Å²) < 4.78 is 11.1. The number of carbonyl (C=O) groups is 1.